The van der Waals surface area contributed by atoms with Gasteiger partial charge in [-0.25, -0.2) is 4.98 Å². The van der Waals surface area contributed by atoms with E-state index in [1.54, 1.807) is 12.4 Å². The number of aryl methyl sites for hydroxylation is 1. The van der Waals surface area contributed by atoms with Crippen LogP contribution in [-0.4, -0.2) is 19.3 Å². The summed E-state index contributed by atoms with van der Waals surface area (Å²) in [5.74, 6) is 0.581. The fraction of sp³-hybridized carbons (Fsp3) is 0.500. The smallest absolute Gasteiger partial charge is 0.149 e. The number of halogens is 1. The first kappa shape index (κ1) is 22.0. The molecule has 27 heavy (non-hydrogen) atoms. The standard InChI is InChI=1S/C20H29ClN4OS/c1-6-7-8-18(25-27(26)20(3,4)5)15-11-17(21)19(23-12-15)24-16-10-9-14(2)22-13-16/h9-13,18,25H,6-8H2,1-5H3,(H,23,24)/t18-,27?/m1/s1. The number of rotatable bonds is 8. The molecule has 2 aromatic heterocycles. The Kier molecular flexibility index (Phi) is 7.91. The van der Waals surface area contributed by atoms with Crippen molar-refractivity contribution in [1.82, 2.24) is 14.7 Å². The van der Waals surface area contributed by atoms with Crippen LogP contribution < -0.4 is 10.0 Å². The normalized spacial score (nSPS) is 14.0. The van der Waals surface area contributed by atoms with E-state index in [1.807, 2.05) is 45.9 Å². The number of aromatic nitrogens is 2. The van der Waals surface area contributed by atoms with Gasteiger partial charge in [0.2, 0.25) is 0 Å². The Bertz CT molecular complexity index is 734. The third-order valence-electron chi connectivity index (χ3n) is 4.09. The number of unbranched alkanes of at least 4 members (excludes halogenated alkanes) is 1. The number of nitrogens with zero attached hydrogens (tertiary/aromatic N) is 2. The van der Waals surface area contributed by atoms with Crippen LogP contribution in [0.15, 0.2) is 30.6 Å². The monoisotopic (exact) mass is 408 g/mol. The number of hydrogen-bond acceptors (Lipinski definition) is 5. The highest BCUT2D eigenvalue weighted by Crippen LogP contribution is 2.29. The van der Waals surface area contributed by atoms with Crippen molar-refractivity contribution in [3.63, 3.8) is 0 Å². The molecule has 0 aliphatic carbocycles. The lowest BCUT2D eigenvalue weighted by Gasteiger charge is -2.28. The molecule has 2 atom stereocenters. The van der Waals surface area contributed by atoms with Gasteiger partial charge >= 0.3 is 0 Å². The molecule has 7 heteroatoms. The summed E-state index contributed by atoms with van der Waals surface area (Å²) in [6.07, 6.45) is 6.53. The van der Waals surface area contributed by atoms with Crippen molar-refractivity contribution in [2.24, 2.45) is 0 Å². The van der Waals surface area contributed by atoms with Crippen LogP contribution >= 0.6 is 11.6 Å². The minimum atomic E-state index is -1.16. The first-order valence-electron chi connectivity index (χ1n) is 9.24. The molecule has 0 fully saturated rings. The highest BCUT2D eigenvalue weighted by molar-refractivity contribution is 7.90. The third-order valence-corrected chi connectivity index (χ3v) is 5.99. The second-order valence-corrected chi connectivity index (χ2v) is 10.0. The molecule has 0 spiro atoms. The molecule has 2 N–H and O–H groups in total. The van der Waals surface area contributed by atoms with Gasteiger partial charge in [-0.15, -0.1) is 4.72 Å². The topological polar surface area (TPSA) is 72.9 Å². The highest BCUT2D eigenvalue weighted by atomic mass is 35.5. The summed E-state index contributed by atoms with van der Waals surface area (Å²) < 4.78 is 15.5. The molecular weight excluding hydrogens is 380 g/mol. The molecule has 0 bridgehead atoms. The summed E-state index contributed by atoms with van der Waals surface area (Å²) in [7, 11) is 0. The van der Waals surface area contributed by atoms with Crippen LogP contribution in [0.1, 0.15) is 64.3 Å². The predicted molar refractivity (Wildman–Crippen MR) is 115 cm³/mol. The molecule has 0 saturated heterocycles. The van der Waals surface area contributed by atoms with Crippen LogP contribution in [0.25, 0.3) is 0 Å². The molecule has 0 aliphatic rings. The fourth-order valence-electron chi connectivity index (χ4n) is 2.42. The van der Waals surface area contributed by atoms with Crippen molar-refractivity contribution in [2.75, 3.05) is 5.32 Å². The zero-order chi connectivity index (χ0) is 20.0. The van der Waals surface area contributed by atoms with E-state index in [1.165, 1.54) is 0 Å². The average molecular weight is 409 g/mol. The van der Waals surface area contributed by atoms with Gasteiger partial charge in [-0.05, 0) is 57.9 Å². The van der Waals surface area contributed by atoms with Gasteiger partial charge in [-0.1, -0.05) is 31.4 Å². The molecule has 1 unspecified atom stereocenters. The van der Waals surface area contributed by atoms with Gasteiger partial charge in [0.1, 0.15) is 10.6 Å². The van der Waals surface area contributed by atoms with E-state index < -0.39 is 11.4 Å². The van der Waals surface area contributed by atoms with Crippen LogP contribution in [0.4, 0.5) is 11.5 Å². The van der Waals surface area contributed by atoms with Crippen molar-refractivity contribution in [1.29, 1.82) is 0 Å². The number of pyridine rings is 2. The summed E-state index contributed by atoms with van der Waals surface area (Å²) in [4.78, 5) is 8.75. The molecule has 2 aromatic rings. The van der Waals surface area contributed by atoms with E-state index >= 15 is 0 Å². The summed E-state index contributed by atoms with van der Waals surface area (Å²) in [6, 6.07) is 5.71. The van der Waals surface area contributed by atoms with Gasteiger partial charge in [-0.3, -0.25) is 4.98 Å². The van der Waals surface area contributed by atoms with Gasteiger partial charge in [-0.2, -0.15) is 0 Å². The minimum absolute atomic E-state index is 0.0508. The Hall–Kier alpha value is -1.34. The average Bonchev–Trinajstić information content (AvgIpc) is 2.61. The third kappa shape index (κ3) is 6.64. The van der Waals surface area contributed by atoms with Crippen molar-refractivity contribution >= 4 is 34.5 Å². The zero-order valence-corrected chi connectivity index (χ0v) is 18.2. The van der Waals surface area contributed by atoms with Crippen LogP contribution in [0.2, 0.25) is 5.02 Å². The molecule has 0 aliphatic heterocycles. The maximum atomic E-state index is 12.6. The van der Waals surface area contributed by atoms with E-state index in [0.29, 0.717) is 10.8 Å². The van der Waals surface area contributed by atoms with Crippen LogP contribution in [-0.2, 0) is 11.4 Å². The van der Waals surface area contributed by atoms with Crippen LogP contribution in [0.3, 0.4) is 0 Å². The fourth-order valence-corrected chi connectivity index (χ4v) is 3.51. The van der Waals surface area contributed by atoms with Gasteiger partial charge < -0.3 is 9.87 Å². The maximum absolute atomic E-state index is 12.6. The first-order chi connectivity index (χ1) is 12.7. The van der Waals surface area contributed by atoms with Gasteiger partial charge in [0.25, 0.3) is 0 Å². The maximum Gasteiger partial charge on any atom is 0.149 e. The number of hydrogen-bond donors (Lipinski definition) is 2. The Morgan fingerprint density at radius 1 is 1.22 bits per heavy atom. The molecular formula is C20H29ClN4OS. The lowest BCUT2D eigenvalue weighted by Crippen LogP contribution is -2.41. The molecule has 0 amide bonds. The van der Waals surface area contributed by atoms with E-state index in [2.05, 4.69) is 26.9 Å². The molecule has 0 aromatic carbocycles. The molecule has 5 nitrogen and oxygen atoms in total. The Labute approximate surface area is 170 Å². The quantitative estimate of drug-likeness (QED) is 0.567. The lowest BCUT2D eigenvalue weighted by molar-refractivity contribution is 0.502. The zero-order valence-electron chi connectivity index (χ0n) is 16.7. The Morgan fingerprint density at radius 2 is 1.96 bits per heavy atom. The van der Waals surface area contributed by atoms with Crippen molar-refractivity contribution in [3.8, 4) is 0 Å². The van der Waals surface area contributed by atoms with E-state index in [9.17, 15) is 4.55 Å². The summed E-state index contributed by atoms with van der Waals surface area (Å²) in [5, 5.41) is 3.71. The second-order valence-electron chi connectivity index (χ2n) is 7.61. The van der Waals surface area contributed by atoms with E-state index in [-0.39, 0.29) is 10.8 Å². The molecule has 0 radical (unpaired) electrons. The van der Waals surface area contributed by atoms with Gasteiger partial charge in [0.15, 0.2) is 0 Å². The summed E-state index contributed by atoms with van der Waals surface area (Å²) in [5.41, 5.74) is 2.72. The Morgan fingerprint density at radius 3 is 2.52 bits per heavy atom. The van der Waals surface area contributed by atoms with Crippen molar-refractivity contribution < 1.29 is 4.55 Å². The van der Waals surface area contributed by atoms with Gasteiger partial charge in [0.05, 0.1) is 22.9 Å². The van der Waals surface area contributed by atoms with Crippen LogP contribution in [0.5, 0.6) is 0 Å². The predicted octanol–water partition coefficient (Wildman–Crippen LogP) is 5.47. The number of nitrogens with one attached hydrogen (secondary N) is 2. The summed E-state index contributed by atoms with van der Waals surface area (Å²) >= 11 is 5.30. The largest absolute Gasteiger partial charge is 0.598 e. The SMILES string of the molecule is CCCC[C@@H](N[S+]([O-])C(C)(C)C)c1cnc(Nc2ccc(C)nc2)c(Cl)c1. The van der Waals surface area contributed by atoms with E-state index in [0.717, 1.165) is 36.2 Å². The molecule has 2 rings (SSSR count). The number of anilines is 2. The molecule has 2 heterocycles. The molecule has 148 valence electrons. The Balaban J connectivity index is 2.18. The highest BCUT2D eigenvalue weighted by Gasteiger charge is 2.30. The van der Waals surface area contributed by atoms with Crippen LogP contribution in [0, 0.1) is 6.92 Å². The molecule has 0 saturated carbocycles. The van der Waals surface area contributed by atoms with Crippen molar-refractivity contribution in [2.45, 2.75) is 64.7 Å². The van der Waals surface area contributed by atoms with Gasteiger partial charge in [0, 0.05) is 23.3 Å². The first-order valence-corrected chi connectivity index (χ1v) is 10.8. The van der Waals surface area contributed by atoms with E-state index in [4.69, 9.17) is 11.6 Å². The summed E-state index contributed by atoms with van der Waals surface area (Å²) in [6.45, 7) is 9.96. The second kappa shape index (κ2) is 9.73. The van der Waals surface area contributed by atoms with Crippen molar-refractivity contribution in [3.05, 3.63) is 46.9 Å². The minimum Gasteiger partial charge on any atom is -0.598 e. The lowest BCUT2D eigenvalue weighted by atomic mass is 10.0.